The van der Waals surface area contributed by atoms with E-state index in [0.29, 0.717) is 22.1 Å². The van der Waals surface area contributed by atoms with Crippen LogP contribution in [-0.4, -0.2) is 38.0 Å². The molecule has 1 N–H and O–H groups in total. The van der Waals surface area contributed by atoms with Gasteiger partial charge in [-0.05, 0) is 54.2 Å². The maximum absolute atomic E-state index is 12.8. The van der Waals surface area contributed by atoms with Crippen molar-refractivity contribution in [3.05, 3.63) is 92.6 Å². The average Bonchev–Trinajstić information content (AvgIpc) is 3.34. The van der Waals surface area contributed by atoms with Gasteiger partial charge < -0.3 is 9.88 Å². The van der Waals surface area contributed by atoms with E-state index in [9.17, 15) is 24.5 Å². The van der Waals surface area contributed by atoms with Crippen LogP contribution in [0.3, 0.4) is 0 Å². The molecule has 0 aliphatic carbocycles. The highest BCUT2D eigenvalue weighted by Gasteiger charge is 2.36. The Bertz CT molecular complexity index is 1320. The van der Waals surface area contributed by atoms with Crippen LogP contribution in [0.4, 0.5) is 16.2 Å². The summed E-state index contributed by atoms with van der Waals surface area (Å²) in [6.45, 7) is -0.444. The molecule has 11 heteroatoms. The molecule has 0 atom stereocenters. The van der Waals surface area contributed by atoms with Gasteiger partial charge in [-0.25, -0.2) is 0 Å². The van der Waals surface area contributed by atoms with Gasteiger partial charge in [0.05, 0.1) is 15.5 Å². The van der Waals surface area contributed by atoms with Gasteiger partial charge in [-0.1, -0.05) is 23.7 Å². The van der Waals surface area contributed by atoms with Crippen LogP contribution < -0.4 is 5.32 Å². The van der Waals surface area contributed by atoms with Gasteiger partial charge in [-0.3, -0.25) is 29.4 Å². The van der Waals surface area contributed by atoms with Gasteiger partial charge in [-0.2, -0.15) is 0 Å². The maximum Gasteiger partial charge on any atom is 0.294 e. The molecule has 0 spiro atoms. The van der Waals surface area contributed by atoms with Crippen molar-refractivity contribution in [3.8, 4) is 5.69 Å². The molecule has 1 fully saturated rings. The Hall–Kier alpha value is -3.89. The van der Waals surface area contributed by atoms with Gasteiger partial charge in [0.15, 0.2) is 0 Å². The molecule has 1 aromatic heterocycles. The molecule has 1 aliphatic rings. The van der Waals surface area contributed by atoms with E-state index in [0.717, 1.165) is 16.7 Å². The number of nitro groups is 1. The summed E-state index contributed by atoms with van der Waals surface area (Å²) in [5.41, 5.74) is 1.45. The minimum Gasteiger partial charge on any atom is -0.324 e. The molecular formula is C22H15ClN4O5S. The number of carbonyl (C=O) groups is 3. The second-order valence-electron chi connectivity index (χ2n) is 6.91. The van der Waals surface area contributed by atoms with Crippen LogP contribution >= 0.6 is 23.4 Å². The summed E-state index contributed by atoms with van der Waals surface area (Å²) < 4.78 is 1.66. The van der Waals surface area contributed by atoms with Gasteiger partial charge >= 0.3 is 0 Å². The first-order valence-corrected chi connectivity index (χ1v) is 10.7. The number of benzene rings is 2. The fraction of sp³-hybridized carbons (Fsp3) is 0.0455. The summed E-state index contributed by atoms with van der Waals surface area (Å²) >= 11 is 6.62. The van der Waals surface area contributed by atoms with Crippen molar-refractivity contribution in [2.24, 2.45) is 0 Å². The largest absolute Gasteiger partial charge is 0.324 e. The van der Waals surface area contributed by atoms with Crippen LogP contribution in [0.2, 0.25) is 5.02 Å². The Balaban J connectivity index is 1.52. The molecular weight excluding hydrogens is 468 g/mol. The van der Waals surface area contributed by atoms with E-state index in [-0.39, 0.29) is 10.6 Å². The number of non-ortho nitro benzene ring substituents is 1. The van der Waals surface area contributed by atoms with Crippen molar-refractivity contribution in [2.75, 3.05) is 11.9 Å². The zero-order valence-corrected chi connectivity index (χ0v) is 18.4. The molecule has 0 bridgehead atoms. The number of imide groups is 1. The lowest BCUT2D eigenvalue weighted by molar-refractivity contribution is -0.384. The summed E-state index contributed by atoms with van der Waals surface area (Å²) in [7, 11) is 0. The van der Waals surface area contributed by atoms with E-state index in [1.54, 1.807) is 59.3 Å². The number of aromatic nitrogens is 1. The van der Waals surface area contributed by atoms with Crippen LogP contribution in [0.1, 0.15) is 5.69 Å². The summed E-state index contributed by atoms with van der Waals surface area (Å²) in [4.78, 5) is 49.1. The van der Waals surface area contributed by atoms with E-state index >= 15 is 0 Å². The quantitative estimate of drug-likeness (QED) is 0.309. The zero-order chi connectivity index (χ0) is 23.5. The molecule has 9 nitrogen and oxygen atoms in total. The Kier molecular flexibility index (Phi) is 6.29. The second-order valence-corrected chi connectivity index (χ2v) is 8.34. The van der Waals surface area contributed by atoms with E-state index in [1.165, 1.54) is 18.2 Å². The number of amides is 3. The first-order chi connectivity index (χ1) is 15.8. The first kappa shape index (κ1) is 22.3. The lowest BCUT2D eigenvalue weighted by Gasteiger charge is -2.12. The maximum atomic E-state index is 12.8. The number of thioether (sulfide) groups is 1. The van der Waals surface area contributed by atoms with Crippen molar-refractivity contribution in [2.45, 2.75) is 0 Å². The number of nitrogens with zero attached hydrogens (tertiary/aromatic N) is 3. The highest BCUT2D eigenvalue weighted by molar-refractivity contribution is 8.18. The summed E-state index contributed by atoms with van der Waals surface area (Å²) in [5.74, 6) is -1.14. The van der Waals surface area contributed by atoms with Crippen LogP contribution in [0.15, 0.2) is 71.8 Å². The Morgan fingerprint density at radius 1 is 1.12 bits per heavy atom. The highest BCUT2D eigenvalue weighted by Crippen LogP contribution is 2.33. The molecule has 1 aliphatic heterocycles. The van der Waals surface area contributed by atoms with Crippen molar-refractivity contribution in [3.63, 3.8) is 0 Å². The standard InChI is InChI=1S/C22H15ClN4O5S/c23-14-4-1-5-15(10-14)24-20(28)13-26-21(29)19(33-22(26)30)12-17-8-3-9-25(17)16-6-2-7-18(11-16)27(31)32/h1-12H,13H2,(H,24,28)/b19-12-. The molecule has 2 aromatic carbocycles. The Morgan fingerprint density at radius 3 is 2.67 bits per heavy atom. The van der Waals surface area contributed by atoms with E-state index < -0.39 is 28.5 Å². The molecule has 33 heavy (non-hydrogen) atoms. The number of halogens is 1. The fourth-order valence-electron chi connectivity index (χ4n) is 3.18. The van der Waals surface area contributed by atoms with Gasteiger partial charge in [-0.15, -0.1) is 0 Å². The number of rotatable bonds is 6. The number of nitrogens with one attached hydrogen (secondary N) is 1. The van der Waals surface area contributed by atoms with E-state index in [1.807, 2.05) is 0 Å². The van der Waals surface area contributed by atoms with Crippen LogP contribution in [-0.2, 0) is 9.59 Å². The predicted octanol–water partition coefficient (Wildman–Crippen LogP) is 4.71. The minimum absolute atomic E-state index is 0.0711. The van der Waals surface area contributed by atoms with E-state index in [4.69, 9.17) is 11.6 Å². The molecule has 166 valence electrons. The molecule has 4 rings (SSSR count). The average molecular weight is 483 g/mol. The molecule has 0 saturated carbocycles. The molecule has 0 unspecified atom stereocenters. The van der Waals surface area contributed by atoms with Gasteiger partial charge in [0.2, 0.25) is 5.91 Å². The Labute approximate surface area is 196 Å². The third-order valence-electron chi connectivity index (χ3n) is 4.66. The molecule has 3 aromatic rings. The summed E-state index contributed by atoms with van der Waals surface area (Å²) in [6.07, 6.45) is 3.20. The normalized spacial score (nSPS) is 14.7. The van der Waals surface area contributed by atoms with Crippen molar-refractivity contribution >= 4 is 57.9 Å². The Morgan fingerprint density at radius 2 is 1.91 bits per heavy atom. The lowest BCUT2D eigenvalue weighted by Crippen LogP contribution is -2.36. The van der Waals surface area contributed by atoms with Gasteiger partial charge in [0, 0.05) is 34.7 Å². The highest BCUT2D eigenvalue weighted by atomic mass is 35.5. The second kappa shape index (κ2) is 9.31. The van der Waals surface area contributed by atoms with Crippen LogP contribution in [0.25, 0.3) is 11.8 Å². The third-order valence-corrected chi connectivity index (χ3v) is 5.80. The zero-order valence-electron chi connectivity index (χ0n) is 16.8. The number of anilines is 1. The topological polar surface area (TPSA) is 115 Å². The lowest BCUT2D eigenvalue weighted by atomic mass is 10.2. The number of hydrogen-bond donors (Lipinski definition) is 1. The summed E-state index contributed by atoms with van der Waals surface area (Å²) in [5, 5.41) is 13.5. The monoisotopic (exact) mass is 482 g/mol. The molecule has 1 saturated heterocycles. The number of hydrogen-bond acceptors (Lipinski definition) is 6. The number of carbonyl (C=O) groups excluding carboxylic acids is 3. The first-order valence-electron chi connectivity index (χ1n) is 9.55. The van der Waals surface area contributed by atoms with Crippen molar-refractivity contribution < 1.29 is 19.3 Å². The predicted molar refractivity (Wildman–Crippen MR) is 125 cm³/mol. The molecule has 3 amide bonds. The van der Waals surface area contributed by atoms with Crippen LogP contribution in [0.5, 0.6) is 0 Å². The number of nitro benzene ring substituents is 1. The third kappa shape index (κ3) is 4.97. The SMILES string of the molecule is O=C(CN1C(=O)S/C(=C\c2cccn2-c2cccc([N+](=O)[O-])c2)C1=O)Nc1cccc(Cl)c1. The molecule has 2 heterocycles. The van der Waals surface area contributed by atoms with Crippen molar-refractivity contribution in [1.29, 1.82) is 0 Å². The van der Waals surface area contributed by atoms with Crippen molar-refractivity contribution in [1.82, 2.24) is 9.47 Å². The van der Waals surface area contributed by atoms with Gasteiger partial charge in [0.25, 0.3) is 16.8 Å². The fourth-order valence-corrected chi connectivity index (χ4v) is 4.20. The summed E-state index contributed by atoms with van der Waals surface area (Å²) in [6, 6.07) is 16.0. The minimum atomic E-state index is -0.599. The molecule has 0 radical (unpaired) electrons. The smallest absolute Gasteiger partial charge is 0.294 e. The van der Waals surface area contributed by atoms with Gasteiger partial charge in [0.1, 0.15) is 6.54 Å². The van der Waals surface area contributed by atoms with Crippen LogP contribution in [0, 0.1) is 10.1 Å². The van der Waals surface area contributed by atoms with E-state index in [2.05, 4.69) is 5.32 Å².